The summed E-state index contributed by atoms with van der Waals surface area (Å²) < 4.78 is 5.42. The third-order valence-corrected chi connectivity index (χ3v) is 2.65. The van der Waals surface area contributed by atoms with Crippen LogP contribution in [-0.2, 0) is 0 Å². The lowest BCUT2D eigenvalue weighted by Crippen LogP contribution is -2.01. The lowest BCUT2D eigenvalue weighted by molar-refractivity contribution is 0.582. The highest BCUT2D eigenvalue weighted by molar-refractivity contribution is 5.74. The number of rotatable bonds is 3. The lowest BCUT2D eigenvalue weighted by atomic mass is 10.1. The van der Waals surface area contributed by atoms with E-state index in [9.17, 15) is 0 Å². The molecule has 0 aliphatic heterocycles. The first-order valence-electron chi connectivity index (χ1n) is 5.33. The van der Waals surface area contributed by atoms with Crippen molar-refractivity contribution < 1.29 is 4.42 Å². The van der Waals surface area contributed by atoms with E-state index < -0.39 is 0 Å². The molecule has 76 valence electrons. The molecular weight excluding hydrogens is 186 g/mol. The van der Waals surface area contributed by atoms with Crippen molar-refractivity contribution in [2.75, 3.05) is 5.32 Å². The molecule has 1 fully saturated rings. The molecule has 0 radical (unpaired) electrons. The molecule has 0 amide bonds. The topological polar surface area (TPSA) is 25.2 Å². The van der Waals surface area contributed by atoms with Gasteiger partial charge in [-0.15, -0.1) is 0 Å². The number of furan rings is 1. The van der Waals surface area contributed by atoms with E-state index in [1.807, 2.05) is 18.2 Å². The Balaban J connectivity index is 1.98. The first-order valence-corrected chi connectivity index (χ1v) is 5.33. The Morgan fingerprint density at radius 2 is 1.93 bits per heavy atom. The second kappa shape index (κ2) is 3.46. The molecule has 1 heterocycles. The molecular formula is C13H13NO. The van der Waals surface area contributed by atoms with Crippen LogP contribution in [0.25, 0.3) is 11.3 Å². The summed E-state index contributed by atoms with van der Waals surface area (Å²) in [5, 5.41) is 3.51. The summed E-state index contributed by atoms with van der Waals surface area (Å²) in [7, 11) is 0. The van der Waals surface area contributed by atoms with Crippen molar-refractivity contribution in [3.63, 3.8) is 0 Å². The van der Waals surface area contributed by atoms with Gasteiger partial charge in [0.25, 0.3) is 0 Å². The predicted molar refractivity (Wildman–Crippen MR) is 60.8 cm³/mol. The zero-order valence-corrected chi connectivity index (χ0v) is 8.44. The van der Waals surface area contributed by atoms with Crippen molar-refractivity contribution in [1.29, 1.82) is 0 Å². The smallest absolute Gasteiger partial charge is 0.135 e. The van der Waals surface area contributed by atoms with Crippen molar-refractivity contribution in [1.82, 2.24) is 0 Å². The minimum absolute atomic E-state index is 0.668. The van der Waals surface area contributed by atoms with Crippen LogP contribution in [0.2, 0.25) is 0 Å². The van der Waals surface area contributed by atoms with Crippen LogP contribution in [0.15, 0.2) is 47.1 Å². The van der Waals surface area contributed by atoms with Crippen LogP contribution in [0.4, 0.5) is 5.69 Å². The number of benzene rings is 1. The molecule has 0 saturated heterocycles. The molecule has 1 N–H and O–H groups in total. The van der Waals surface area contributed by atoms with E-state index in [1.165, 1.54) is 18.5 Å². The summed E-state index contributed by atoms with van der Waals surface area (Å²) >= 11 is 0. The fourth-order valence-corrected chi connectivity index (χ4v) is 1.70. The van der Waals surface area contributed by atoms with Gasteiger partial charge >= 0.3 is 0 Å². The van der Waals surface area contributed by atoms with Crippen molar-refractivity contribution in [2.45, 2.75) is 18.9 Å². The lowest BCUT2D eigenvalue weighted by Gasteiger charge is -2.08. The summed E-state index contributed by atoms with van der Waals surface area (Å²) in [5.41, 5.74) is 2.32. The quantitative estimate of drug-likeness (QED) is 0.818. The summed E-state index contributed by atoms with van der Waals surface area (Å²) in [6, 6.07) is 12.9. The van der Waals surface area contributed by atoms with Crippen LogP contribution in [0.1, 0.15) is 12.8 Å². The largest absolute Gasteiger partial charge is 0.464 e. The molecule has 1 aromatic heterocycles. The molecule has 2 aromatic rings. The molecule has 1 aliphatic carbocycles. The maximum Gasteiger partial charge on any atom is 0.135 e. The zero-order chi connectivity index (χ0) is 10.1. The van der Waals surface area contributed by atoms with Crippen LogP contribution in [0.5, 0.6) is 0 Å². The fourth-order valence-electron chi connectivity index (χ4n) is 1.70. The number of nitrogens with one attached hydrogen (secondary N) is 1. The Morgan fingerprint density at radius 3 is 2.67 bits per heavy atom. The molecule has 15 heavy (non-hydrogen) atoms. The number of anilines is 1. The van der Waals surface area contributed by atoms with Crippen LogP contribution < -0.4 is 5.32 Å². The van der Waals surface area contributed by atoms with Crippen molar-refractivity contribution in [3.05, 3.63) is 42.7 Å². The summed E-state index contributed by atoms with van der Waals surface area (Å²) in [6.07, 6.45) is 4.28. The van der Waals surface area contributed by atoms with Crippen LogP contribution >= 0.6 is 0 Å². The van der Waals surface area contributed by atoms with Crippen molar-refractivity contribution in [2.24, 2.45) is 0 Å². The van der Waals surface area contributed by atoms with Gasteiger partial charge in [-0.1, -0.05) is 12.1 Å². The van der Waals surface area contributed by atoms with E-state index in [-0.39, 0.29) is 0 Å². The molecule has 3 rings (SSSR count). The van der Waals surface area contributed by atoms with Crippen molar-refractivity contribution >= 4 is 5.69 Å². The van der Waals surface area contributed by atoms with Crippen molar-refractivity contribution in [3.8, 4) is 11.3 Å². The van der Waals surface area contributed by atoms with Gasteiger partial charge in [0.05, 0.1) is 6.26 Å². The Morgan fingerprint density at radius 1 is 1.07 bits per heavy atom. The standard InChI is InChI=1S/C13H13NO/c1-2-5-12(14-10-7-8-10)11(4-1)13-6-3-9-15-13/h1-6,9-10,14H,7-8H2. The van der Waals surface area contributed by atoms with E-state index >= 15 is 0 Å². The monoisotopic (exact) mass is 199 g/mol. The predicted octanol–water partition coefficient (Wildman–Crippen LogP) is 3.52. The van der Waals surface area contributed by atoms with Gasteiger partial charge in [-0.05, 0) is 37.1 Å². The van der Waals surface area contributed by atoms with Gasteiger partial charge in [0.2, 0.25) is 0 Å². The molecule has 1 saturated carbocycles. The van der Waals surface area contributed by atoms with E-state index in [4.69, 9.17) is 4.42 Å². The third kappa shape index (κ3) is 1.75. The van der Waals surface area contributed by atoms with Gasteiger partial charge in [-0.25, -0.2) is 0 Å². The molecule has 0 atom stereocenters. The molecule has 1 aromatic carbocycles. The average molecular weight is 199 g/mol. The molecule has 2 nitrogen and oxygen atoms in total. The Kier molecular flexibility index (Phi) is 1.98. The number of para-hydroxylation sites is 1. The van der Waals surface area contributed by atoms with Crippen LogP contribution in [0.3, 0.4) is 0 Å². The Labute approximate surface area is 88.9 Å². The first-order chi connectivity index (χ1) is 7.43. The second-order valence-corrected chi connectivity index (χ2v) is 3.94. The SMILES string of the molecule is c1coc(-c2ccccc2NC2CC2)c1. The summed E-state index contributed by atoms with van der Waals surface area (Å²) in [6.45, 7) is 0. The molecule has 0 bridgehead atoms. The highest BCUT2D eigenvalue weighted by Crippen LogP contribution is 2.32. The van der Waals surface area contributed by atoms with Crippen LogP contribution in [-0.4, -0.2) is 6.04 Å². The van der Waals surface area contributed by atoms with Crippen LogP contribution in [0, 0.1) is 0 Å². The normalized spacial score (nSPS) is 15.2. The number of hydrogen-bond acceptors (Lipinski definition) is 2. The molecule has 0 spiro atoms. The molecule has 1 aliphatic rings. The fraction of sp³-hybridized carbons (Fsp3) is 0.231. The highest BCUT2D eigenvalue weighted by atomic mass is 16.3. The van der Waals surface area contributed by atoms with E-state index in [1.54, 1.807) is 6.26 Å². The Hall–Kier alpha value is -1.70. The Bertz CT molecular complexity index is 443. The minimum atomic E-state index is 0.668. The second-order valence-electron chi connectivity index (χ2n) is 3.94. The molecule has 2 heteroatoms. The maximum atomic E-state index is 5.42. The zero-order valence-electron chi connectivity index (χ0n) is 8.44. The molecule has 0 unspecified atom stereocenters. The van der Waals surface area contributed by atoms with E-state index in [0.29, 0.717) is 6.04 Å². The summed E-state index contributed by atoms with van der Waals surface area (Å²) in [4.78, 5) is 0. The van der Waals surface area contributed by atoms with Gasteiger partial charge in [0, 0.05) is 17.3 Å². The highest BCUT2D eigenvalue weighted by Gasteiger charge is 2.22. The van der Waals surface area contributed by atoms with Gasteiger partial charge in [0.1, 0.15) is 5.76 Å². The first kappa shape index (κ1) is 8.60. The van der Waals surface area contributed by atoms with Gasteiger partial charge < -0.3 is 9.73 Å². The average Bonchev–Trinajstić information content (AvgIpc) is 2.93. The third-order valence-electron chi connectivity index (χ3n) is 2.65. The van der Waals surface area contributed by atoms with Gasteiger partial charge in [-0.3, -0.25) is 0 Å². The van der Waals surface area contributed by atoms with E-state index in [2.05, 4.69) is 23.5 Å². The summed E-state index contributed by atoms with van der Waals surface area (Å²) in [5.74, 6) is 0.929. The van der Waals surface area contributed by atoms with Gasteiger partial charge in [-0.2, -0.15) is 0 Å². The minimum Gasteiger partial charge on any atom is -0.464 e. The van der Waals surface area contributed by atoms with Gasteiger partial charge in [0.15, 0.2) is 0 Å². The maximum absolute atomic E-state index is 5.42. The van der Waals surface area contributed by atoms with E-state index in [0.717, 1.165) is 11.3 Å². The number of hydrogen-bond donors (Lipinski definition) is 1.